The molecule has 2 aromatic rings. The Morgan fingerprint density at radius 2 is 1.86 bits per heavy atom. The van der Waals surface area contributed by atoms with Gasteiger partial charge in [0.25, 0.3) is 5.69 Å². The number of rotatable bonds is 5. The van der Waals surface area contributed by atoms with Gasteiger partial charge in [0.05, 0.1) is 10.6 Å². The molecule has 0 heterocycles. The lowest BCUT2D eigenvalue weighted by Gasteiger charge is -2.23. The van der Waals surface area contributed by atoms with Crippen LogP contribution < -0.4 is 4.90 Å². The van der Waals surface area contributed by atoms with E-state index in [4.69, 9.17) is 0 Å². The van der Waals surface area contributed by atoms with Crippen molar-refractivity contribution >= 4 is 23.0 Å². The Labute approximate surface area is 127 Å². The predicted octanol–water partition coefficient (Wildman–Crippen LogP) is 3.77. The van der Waals surface area contributed by atoms with E-state index < -0.39 is 4.92 Å². The summed E-state index contributed by atoms with van der Waals surface area (Å²) >= 11 is 0. The van der Waals surface area contributed by atoms with Crippen molar-refractivity contribution in [3.05, 3.63) is 58.6 Å². The van der Waals surface area contributed by atoms with Gasteiger partial charge in [0.2, 0.25) is 5.91 Å². The Bertz CT molecular complexity index is 683. The second-order valence-corrected chi connectivity index (χ2v) is 4.77. The van der Waals surface area contributed by atoms with Gasteiger partial charge in [0, 0.05) is 30.3 Å². The van der Waals surface area contributed by atoms with Crippen LogP contribution in [0.1, 0.15) is 19.8 Å². The number of phenolic OH excluding ortho intramolecular Hbond substituents is 1. The number of benzene rings is 2. The van der Waals surface area contributed by atoms with Crippen molar-refractivity contribution in [1.29, 1.82) is 0 Å². The first kappa shape index (κ1) is 15.5. The molecule has 0 unspecified atom stereocenters. The summed E-state index contributed by atoms with van der Waals surface area (Å²) in [7, 11) is 0. The summed E-state index contributed by atoms with van der Waals surface area (Å²) in [5.74, 6) is -0.0873. The number of hydrogen-bond acceptors (Lipinski definition) is 4. The summed E-state index contributed by atoms with van der Waals surface area (Å²) in [5, 5.41) is 20.3. The minimum Gasteiger partial charge on any atom is -0.508 e. The summed E-state index contributed by atoms with van der Waals surface area (Å²) in [4.78, 5) is 24.1. The predicted molar refractivity (Wildman–Crippen MR) is 83.3 cm³/mol. The van der Waals surface area contributed by atoms with Gasteiger partial charge in [-0.2, -0.15) is 0 Å². The zero-order valence-electron chi connectivity index (χ0n) is 12.1. The number of amides is 1. The molecule has 0 spiro atoms. The lowest BCUT2D eigenvalue weighted by Crippen LogP contribution is -2.25. The van der Waals surface area contributed by atoms with E-state index in [-0.39, 0.29) is 17.3 Å². The van der Waals surface area contributed by atoms with Crippen LogP contribution in [0, 0.1) is 10.1 Å². The molecule has 0 bridgehead atoms. The van der Waals surface area contributed by atoms with Crippen LogP contribution in [0.4, 0.5) is 17.1 Å². The third kappa shape index (κ3) is 3.41. The molecule has 1 N–H and O–H groups in total. The first-order chi connectivity index (χ1) is 10.5. The fourth-order valence-electron chi connectivity index (χ4n) is 2.12. The van der Waals surface area contributed by atoms with Crippen molar-refractivity contribution in [3.8, 4) is 5.75 Å². The van der Waals surface area contributed by atoms with Gasteiger partial charge in [-0.25, -0.2) is 0 Å². The van der Waals surface area contributed by atoms with Gasteiger partial charge in [-0.1, -0.05) is 13.0 Å². The van der Waals surface area contributed by atoms with Crippen molar-refractivity contribution in [2.24, 2.45) is 0 Å². The minimum atomic E-state index is -0.490. The zero-order chi connectivity index (χ0) is 16.1. The molecule has 6 heteroatoms. The fraction of sp³-hybridized carbons (Fsp3) is 0.188. The second-order valence-electron chi connectivity index (χ2n) is 4.77. The van der Waals surface area contributed by atoms with Gasteiger partial charge >= 0.3 is 0 Å². The highest BCUT2D eigenvalue weighted by atomic mass is 16.6. The van der Waals surface area contributed by atoms with Gasteiger partial charge in [-0.15, -0.1) is 0 Å². The summed E-state index contributed by atoms with van der Waals surface area (Å²) in [6.07, 6.45) is 1.02. The molecule has 0 atom stereocenters. The SMILES string of the molecule is CCCC(=O)N(c1ccc([N+](=O)[O-])cc1)c1cccc(O)c1. The maximum Gasteiger partial charge on any atom is 0.269 e. The number of phenols is 1. The monoisotopic (exact) mass is 300 g/mol. The molecule has 0 aliphatic carbocycles. The van der Waals surface area contributed by atoms with Crippen molar-refractivity contribution in [1.82, 2.24) is 0 Å². The quantitative estimate of drug-likeness (QED) is 0.673. The van der Waals surface area contributed by atoms with Gasteiger partial charge in [-0.05, 0) is 30.7 Å². The molecule has 0 radical (unpaired) electrons. The normalized spacial score (nSPS) is 10.2. The molecule has 2 rings (SSSR count). The first-order valence-electron chi connectivity index (χ1n) is 6.89. The molecule has 22 heavy (non-hydrogen) atoms. The third-order valence-corrected chi connectivity index (χ3v) is 3.12. The van der Waals surface area contributed by atoms with Crippen LogP contribution >= 0.6 is 0 Å². The van der Waals surface area contributed by atoms with Crippen LogP contribution in [-0.4, -0.2) is 15.9 Å². The van der Waals surface area contributed by atoms with Gasteiger partial charge in [-0.3, -0.25) is 19.8 Å². The Kier molecular flexibility index (Phi) is 4.73. The standard InChI is InChI=1S/C16H16N2O4/c1-2-4-16(20)17(14-5-3-6-15(19)11-14)12-7-9-13(10-8-12)18(21)22/h3,5-11,19H,2,4H2,1H3. The Hall–Kier alpha value is -2.89. The van der Waals surface area contributed by atoms with E-state index in [9.17, 15) is 20.0 Å². The molecule has 0 saturated carbocycles. The molecule has 0 aliphatic rings. The third-order valence-electron chi connectivity index (χ3n) is 3.12. The van der Waals surface area contributed by atoms with Crippen LogP contribution in [0.5, 0.6) is 5.75 Å². The van der Waals surface area contributed by atoms with Crippen molar-refractivity contribution < 1.29 is 14.8 Å². The molecular formula is C16H16N2O4. The molecule has 0 fully saturated rings. The maximum absolute atomic E-state index is 12.4. The van der Waals surface area contributed by atoms with Crippen molar-refractivity contribution in [2.75, 3.05) is 4.90 Å². The summed E-state index contributed by atoms with van der Waals surface area (Å²) in [6, 6.07) is 12.1. The van der Waals surface area contributed by atoms with E-state index in [2.05, 4.69) is 0 Å². The van der Waals surface area contributed by atoms with Gasteiger partial charge in [0.15, 0.2) is 0 Å². The number of carbonyl (C=O) groups is 1. The van der Waals surface area contributed by atoms with Gasteiger partial charge < -0.3 is 5.11 Å². The molecular weight excluding hydrogens is 284 g/mol. The highest BCUT2D eigenvalue weighted by Gasteiger charge is 2.18. The fourth-order valence-corrected chi connectivity index (χ4v) is 2.12. The van der Waals surface area contributed by atoms with Crippen molar-refractivity contribution in [2.45, 2.75) is 19.8 Å². The van der Waals surface area contributed by atoms with E-state index >= 15 is 0 Å². The number of hydrogen-bond donors (Lipinski definition) is 1. The molecule has 0 saturated heterocycles. The van der Waals surface area contributed by atoms with E-state index in [0.717, 1.165) is 0 Å². The smallest absolute Gasteiger partial charge is 0.269 e. The van der Waals surface area contributed by atoms with Crippen molar-refractivity contribution in [3.63, 3.8) is 0 Å². The highest BCUT2D eigenvalue weighted by Crippen LogP contribution is 2.30. The number of aromatic hydroxyl groups is 1. The molecule has 0 aromatic heterocycles. The highest BCUT2D eigenvalue weighted by molar-refractivity contribution is 6.00. The molecule has 114 valence electrons. The van der Waals surface area contributed by atoms with Crippen LogP contribution in [-0.2, 0) is 4.79 Å². The van der Waals surface area contributed by atoms with E-state index in [1.165, 1.54) is 41.3 Å². The molecule has 0 aliphatic heterocycles. The van der Waals surface area contributed by atoms with Gasteiger partial charge in [0.1, 0.15) is 5.75 Å². The summed E-state index contributed by atoms with van der Waals surface area (Å²) < 4.78 is 0. The lowest BCUT2D eigenvalue weighted by molar-refractivity contribution is -0.384. The molecule has 6 nitrogen and oxygen atoms in total. The van der Waals surface area contributed by atoms with Crippen LogP contribution in [0.3, 0.4) is 0 Å². The van der Waals surface area contributed by atoms with Crippen LogP contribution in [0.25, 0.3) is 0 Å². The molecule has 1 amide bonds. The van der Waals surface area contributed by atoms with E-state index in [1.807, 2.05) is 6.92 Å². The largest absolute Gasteiger partial charge is 0.508 e. The number of nitro groups is 1. The lowest BCUT2D eigenvalue weighted by atomic mass is 10.2. The molecule has 2 aromatic carbocycles. The topological polar surface area (TPSA) is 83.7 Å². The summed E-state index contributed by atoms with van der Waals surface area (Å²) in [6.45, 7) is 1.90. The second kappa shape index (κ2) is 6.71. The van der Waals surface area contributed by atoms with E-state index in [0.29, 0.717) is 24.2 Å². The zero-order valence-corrected chi connectivity index (χ0v) is 12.1. The number of non-ortho nitro benzene ring substituents is 1. The summed E-state index contributed by atoms with van der Waals surface area (Å²) in [5.41, 5.74) is 1.00. The minimum absolute atomic E-state index is 0.0393. The van der Waals surface area contributed by atoms with Crippen LogP contribution in [0.2, 0.25) is 0 Å². The number of nitrogens with zero attached hydrogens (tertiary/aromatic N) is 2. The average Bonchev–Trinajstić information content (AvgIpc) is 2.48. The Morgan fingerprint density at radius 1 is 1.18 bits per heavy atom. The first-order valence-corrected chi connectivity index (χ1v) is 6.89. The number of anilines is 2. The Balaban J connectivity index is 2.44. The number of carbonyl (C=O) groups excluding carboxylic acids is 1. The maximum atomic E-state index is 12.4. The average molecular weight is 300 g/mol. The van der Waals surface area contributed by atoms with Crippen LogP contribution in [0.15, 0.2) is 48.5 Å². The Morgan fingerprint density at radius 3 is 2.41 bits per heavy atom. The number of nitro benzene ring substituents is 1. The van der Waals surface area contributed by atoms with E-state index in [1.54, 1.807) is 12.1 Å².